The van der Waals surface area contributed by atoms with Gasteiger partial charge in [0.2, 0.25) is 0 Å². The molecule has 0 aliphatic heterocycles. The summed E-state index contributed by atoms with van der Waals surface area (Å²) < 4.78 is 49.2. The fourth-order valence-corrected chi connectivity index (χ4v) is 2.68. The Kier molecular flexibility index (Phi) is 8.48. The van der Waals surface area contributed by atoms with E-state index < -0.39 is 23.8 Å². The molecule has 2 amide bonds. The average molecular weight is 410 g/mol. The smallest absolute Gasteiger partial charge is 0.382 e. The van der Waals surface area contributed by atoms with E-state index in [4.69, 9.17) is 9.47 Å². The molecule has 8 heteroatoms. The molecule has 0 heterocycles. The number of halogens is 3. The Balaban J connectivity index is 1.96. The highest BCUT2D eigenvalue weighted by Crippen LogP contribution is 2.30. The zero-order chi connectivity index (χ0) is 21.3. The van der Waals surface area contributed by atoms with Gasteiger partial charge in [0.25, 0.3) is 0 Å². The molecule has 0 aliphatic rings. The summed E-state index contributed by atoms with van der Waals surface area (Å²) in [6, 6.07) is 11.2. The molecule has 1 atom stereocenters. The van der Waals surface area contributed by atoms with Gasteiger partial charge in [0.1, 0.15) is 0 Å². The Labute approximate surface area is 168 Å². The molecule has 5 nitrogen and oxygen atoms in total. The summed E-state index contributed by atoms with van der Waals surface area (Å²) in [5, 5.41) is 5.37. The first-order valence-corrected chi connectivity index (χ1v) is 9.19. The summed E-state index contributed by atoms with van der Waals surface area (Å²) in [6.07, 6.45) is -4.45. The summed E-state index contributed by atoms with van der Waals surface area (Å²) in [4.78, 5) is 12.2. The van der Waals surface area contributed by atoms with Crippen molar-refractivity contribution >= 4 is 6.03 Å². The molecule has 0 aromatic heterocycles. The van der Waals surface area contributed by atoms with Crippen molar-refractivity contribution in [1.29, 1.82) is 0 Å². The molecule has 29 heavy (non-hydrogen) atoms. The minimum Gasteiger partial charge on any atom is -0.382 e. The summed E-state index contributed by atoms with van der Waals surface area (Å²) in [7, 11) is 1.42. The Bertz CT molecular complexity index is 779. The summed E-state index contributed by atoms with van der Waals surface area (Å²) >= 11 is 0. The molecular weight excluding hydrogens is 385 g/mol. The van der Waals surface area contributed by atoms with Gasteiger partial charge in [-0.3, -0.25) is 0 Å². The minimum absolute atomic E-state index is 0.0425. The Morgan fingerprint density at radius 3 is 2.41 bits per heavy atom. The number of carbonyl (C=O) groups excluding carboxylic acids is 1. The van der Waals surface area contributed by atoms with Crippen molar-refractivity contribution in [3.8, 4) is 0 Å². The third-order valence-electron chi connectivity index (χ3n) is 4.20. The lowest BCUT2D eigenvalue weighted by Gasteiger charge is -2.20. The predicted octanol–water partition coefficient (Wildman–Crippen LogP) is 4.43. The summed E-state index contributed by atoms with van der Waals surface area (Å²) in [5.41, 5.74) is 1.47. The summed E-state index contributed by atoms with van der Waals surface area (Å²) in [5.74, 6) is 0. The van der Waals surface area contributed by atoms with Crippen LogP contribution in [0.4, 0.5) is 18.0 Å². The van der Waals surface area contributed by atoms with Crippen LogP contribution in [0.1, 0.15) is 35.2 Å². The monoisotopic (exact) mass is 410 g/mol. The van der Waals surface area contributed by atoms with E-state index in [1.54, 1.807) is 0 Å². The fourth-order valence-electron chi connectivity index (χ4n) is 2.68. The van der Waals surface area contributed by atoms with Crippen LogP contribution >= 0.6 is 0 Å². The fraction of sp³-hybridized carbons (Fsp3) is 0.381. The van der Waals surface area contributed by atoms with Gasteiger partial charge >= 0.3 is 12.2 Å². The van der Waals surface area contributed by atoms with Gasteiger partial charge in [0, 0.05) is 20.3 Å². The molecule has 0 radical (unpaired) electrons. The van der Waals surface area contributed by atoms with Crippen LogP contribution < -0.4 is 10.6 Å². The van der Waals surface area contributed by atoms with Gasteiger partial charge in [-0.05, 0) is 35.7 Å². The van der Waals surface area contributed by atoms with Gasteiger partial charge < -0.3 is 20.1 Å². The number of carbonyl (C=O) groups is 1. The lowest BCUT2D eigenvalue weighted by atomic mass is 10.0. The lowest BCUT2D eigenvalue weighted by molar-refractivity contribution is -0.137. The highest BCUT2D eigenvalue weighted by molar-refractivity contribution is 5.74. The number of amides is 2. The zero-order valence-corrected chi connectivity index (χ0v) is 16.4. The molecule has 2 aromatic rings. The first-order chi connectivity index (χ1) is 13.8. The van der Waals surface area contributed by atoms with Gasteiger partial charge in [-0.25, -0.2) is 4.79 Å². The van der Waals surface area contributed by atoms with Crippen molar-refractivity contribution in [2.75, 3.05) is 20.3 Å². The van der Waals surface area contributed by atoms with Crippen LogP contribution in [0.3, 0.4) is 0 Å². The normalized spacial score (nSPS) is 12.4. The van der Waals surface area contributed by atoms with Crippen LogP contribution in [0.2, 0.25) is 0 Å². The molecule has 0 saturated heterocycles. The van der Waals surface area contributed by atoms with E-state index in [1.807, 2.05) is 31.2 Å². The van der Waals surface area contributed by atoms with Crippen molar-refractivity contribution in [3.63, 3.8) is 0 Å². The molecule has 0 spiro atoms. The number of rotatable bonds is 9. The number of hydrogen-bond donors (Lipinski definition) is 2. The largest absolute Gasteiger partial charge is 0.416 e. The van der Waals surface area contributed by atoms with Crippen molar-refractivity contribution in [2.24, 2.45) is 0 Å². The van der Waals surface area contributed by atoms with E-state index in [0.29, 0.717) is 18.8 Å². The maximum Gasteiger partial charge on any atom is 0.416 e. The van der Waals surface area contributed by atoms with E-state index in [-0.39, 0.29) is 13.2 Å². The van der Waals surface area contributed by atoms with E-state index in [1.165, 1.54) is 19.2 Å². The third kappa shape index (κ3) is 7.40. The van der Waals surface area contributed by atoms with Crippen molar-refractivity contribution < 1.29 is 27.4 Å². The van der Waals surface area contributed by atoms with Crippen molar-refractivity contribution in [3.05, 3.63) is 70.8 Å². The van der Waals surface area contributed by atoms with E-state index in [2.05, 4.69) is 10.6 Å². The summed E-state index contributed by atoms with van der Waals surface area (Å²) in [6.45, 7) is 3.41. The molecule has 0 aliphatic carbocycles. The van der Waals surface area contributed by atoms with Gasteiger partial charge in [-0.1, -0.05) is 36.4 Å². The van der Waals surface area contributed by atoms with Gasteiger partial charge in [0.15, 0.2) is 0 Å². The second-order valence-electron chi connectivity index (χ2n) is 6.41. The number of ether oxygens (including phenoxy) is 2. The van der Waals surface area contributed by atoms with Crippen LogP contribution in [0, 0.1) is 0 Å². The molecule has 2 N–H and O–H groups in total. The first kappa shape index (κ1) is 22.7. The Morgan fingerprint density at radius 2 is 1.79 bits per heavy atom. The topological polar surface area (TPSA) is 59.6 Å². The molecular formula is C21H25F3N2O3. The van der Waals surface area contributed by atoms with Gasteiger partial charge in [-0.15, -0.1) is 0 Å². The molecule has 158 valence electrons. The Morgan fingerprint density at radius 1 is 1.10 bits per heavy atom. The predicted molar refractivity (Wildman–Crippen MR) is 103 cm³/mol. The van der Waals surface area contributed by atoms with Gasteiger partial charge in [0.05, 0.1) is 24.8 Å². The van der Waals surface area contributed by atoms with Crippen LogP contribution in [0.25, 0.3) is 0 Å². The molecule has 1 unspecified atom stereocenters. The van der Waals surface area contributed by atoms with Crippen LogP contribution in [-0.2, 0) is 28.8 Å². The lowest BCUT2D eigenvalue weighted by Crippen LogP contribution is -2.39. The van der Waals surface area contributed by atoms with Gasteiger partial charge in [-0.2, -0.15) is 13.2 Å². The number of hydrogen-bond acceptors (Lipinski definition) is 3. The standard InChI is InChI=1S/C21H25F3N2O3/c1-3-29-13-16-9-7-15(8-10-16)12-25-20(27)26-19(14-28-2)17-5-4-6-18(11-17)21(22,23)24/h4-11,19H,3,12-14H2,1-2H3,(H2,25,26,27). The maximum absolute atomic E-state index is 12.9. The maximum atomic E-state index is 12.9. The molecule has 2 rings (SSSR count). The van der Waals surface area contributed by atoms with E-state index in [9.17, 15) is 18.0 Å². The molecule has 0 saturated carbocycles. The SMILES string of the molecule is CCOCc1ccc(CNC(=O)NC(COC)c2cccc(C(F)(F)F)c2)cc1. The van der Waals surface area contributed by atoms with Crippen molar-refractivity contribution in [2.45, 2.75) is 32.3 Å². The second kappa shape index (κ2) is 10.8. The zero-order valence-electron chi connectivity index (χ0n) is 16.4. The number of urea groups is 1. The van der Waals surface area contributed by atoms with Crippen LogP contribution in [0.5, 0.6) is 0 Å². The number of alkyl halides is 3. The quantitative estimate of drug-likeness (QED) is 0.643. The molecule has 0 bridgehead atoms. The van der Waals surface area contributed by atoms with E-state index >= 15 is 0 Å². The van der Waals surface area contributed by atoms with Crippen molar-refractivity contribution in [1.82, 2.24) is 10.6 Å². The average Bonchev–Trinajstić information content (AvgIpc) is 2.70. The number of benzene rings is 2. The first-order valence-electron chi connectivity index (χ1n) is 9.19. The number of methoxy groups -OCH3 is 1. The van der Waals surface area contributed by atoms with Crippen LogP contribution in [-0.4, -0.2) is 26.4 Å². The number of nitrogens with one attached hydrogen (secondary N) is 2. The minimum atomic E-state index is -4.45. The molecule has 2 aromatic carbocycles. The van der Waals surface area contributed by atoms with E-state index in [0.717, 1.165) is 23.3 Å². The highest BCUT2D eigenvalue weighted by Gasteiger charge is 2.31. The second-order valence-corrected chi connectivity index (χ2v) is 6.41. The Hall–Kier alpha value is -2.58. The third-order valence-corrected chi connectivity index (χ3v) is 4.20. The van der Waals surface area contributed by atoms with Crippen LogP contribution in [0.15, 0.2) is 48.5 Å². The molecule has 0 fully saturated rings. The highest BCUT2D eigenvalue weighted by atomic mass is 19.4.